The molecule has 32 heavy (non-hydrogen) atoms. The molecule has 0 spiro atoms. The van der Waals surface area contributed by atoms with Crippen LogP contribution in [0.25, 0.3) is 22.3 Å². The fraction of sp³-hybridized carbons (Fsp3) is 0.348. The fourth-order valence-corrected chi connectivity index (χ4v) is 4.42. The molecule has 9 heteroatoms. The van der Waals surface area contributed by atoms with Gasteiger partial charge in [-0.25, -0.2) is 9.78 Å². The number of rotatable bonds is 3. The van der Waals surface area contributed by atoms with Crippen LogP contribution in [0.5, 0.6) is 5.75 Å². The number of aromatic hydroxyl groups is 1. The molecule has 0 aliphatic carbocycles. The molecule has 0 radical (unpaired) electrons. The second-order valence-electron chi connectivity index (χ2n) is 7.82. The number of hydrogen-bond donors (Lipinski definition) is 2. The van der Waals surface area contributed by atoms with Crippen LogP contribution in [0.2, 0.25) is 0 Å². The topological polar surface area (TPSA) is 105 Å². The van der Waals surface area contributed by atoms with Gasteiger partial charge in [-0.05, 0) is 44.6 Å². The zero-order valence-electron chi connectivity index (χ0n) is 23.0. The number of esters is 1. The molecule has 8 nitrogen and oxygen atoms in total. The Bertz CT molecular complexity index is 1520. The van der Waals surface area contributed by atoms with Crippen molar-refractivity contribution in [2.45, 2.75) is 38.6 Å². The summed E-state index contributed by atoms with van der Waals surface area (Å²) in [5, 5.41) is 21.9. The van der Waals surface area contributed by atoms with Crippen molar-refractivity contribution in [2.24, 2.45) is 0 Å². The first-order chi connectivity index (χ1) is 17.2. The van der Waals surface area contributed by atoms with Crippen molar-refractivity contribution in [1.82, 2.24) is 14.5 Å². The van der Waals surface area contributed by atoms with Gasteiger partial charge >= 0.3 is 5.97 Å². The van der Waals surface area contributed by atoms with Crippen LogP contribution >= 0.6 is 12.4 Å². The van der Waals surface area contributed by atoms with Crippen molar-refractivity contribution >= 4 is 29.3 Å². The summed E-state index contributed by atoms with van der Waals surface area (Å²) in [7, 11) is 0. The number of benzene rings is 1. The second kappa shape index (κ2) is 7.58. The number of phenols is 1. The van der Waals surface area contributed by atoms with Crippen molar-refractivity contribution < 1.29 is 28.0 Å². The normalized spacial score (nSPS) is 22.3. The molecule has 3 aromatic rings. The van der Waals surface area contributed by atoms with Crippen molar-refractivity contribution in [3.63, 3.8) is 0 Å². The number of halogens is 1. The van der Waals surface area contributed by atoms with Crippen LogP contribution in [-0.2, 0) is 34.8 Å². The van der Waals surface area contributed by atoms with Crippen LogP contribution in [0.15, 0.2) is 29.1 Å². The van der Waals surface area contributed by atoms with Gasteiger partial charge < -0.3 is 24.4 Å². The van der Waals surface area contributed by atoms with E-state index in [1.54, 1.807) is 19.1 Å². The molecule has 0 unspecified atom stereocenters. The third-order valence-electron chi connectivity index (χ3n) is 6.09. The Balaban J connectivity index is 0.00000336. The Hall–Kier alpha value is -2.94. The van der Waals surface area contributed by atoms with E-state index < -0.39 is 37.6 Å². The zero-order chi connectivity index (χ0) is 27.1. The molecule has 1 atom stereocenters. The quantitative estimate of drug-likeness (QED) is 0.449. The number of aliphatic hydroxyl groups is 1. The van der Waals surface area contributed by atoms with E-state index in [1.807, 2.05) is 0 Å². The van der Waals surface area contributed by atoms with Crippen LogP contribution < -0.4 is 5.56 Å². The summed E-state index contributed by atoms with van der Waals surface area (Å²) in [4.78, 5) is 30.7. The Morgan fingerprint density at radius 3 is 2.81 bits per heavy atom. The molecule has 1 aromatic carbocycles. The minimum absolute atomic E-state index is 0. The summed E-state index contributed by atoms with van der Waals surface area (Å²) in [5.74, 6) is -1.12. The predicted molar refractivity (Wildman–Crippen MR) is 121 cm³/mol. The first-order valence-electron chi connectivity index (χ1n) is 12.8. The van der Waals surface area contributed by atoms with Gasteiger partial charge in [-0.1, -0.05) is 6.92 Å². The van der Waals surface area contributed by atoms with E-state index in [2.05, 4.69) is 4.98 Å². The van der Waals surface area contributed by atoms with E-state index >= 15 is 0 Å². The lowest BCUT2D eigenvalue weighted by molar-refractivity contribution is -0.172. The Morgan fingerprint density at radius 2 is 2.09 bits per heavy atom. The summed E-state index contributed by atoms with van der Waals surface area (Å²) in [6.45, 7) is -5.07. The van der Waals surface area contributed by atoms with Gasteiger partial charge in [0, 0.05) is 36.8 Å². The fourth-order valence-electron chi connectivity index (χ4n) is 4.42. The van der Waals surface area contributed by atoms with Gasteiger partial charge in [0.2, 0.25) is 0 Å². The van der Waals surface area contributed by atoms with Gasteiger partial charge in [0.15, 0.2) is 5.60 Å². The third-order valence-corrected chi connectivity index (χ3v) is 6.09. The monoisotopic (exact) mass is 463 g/mol. The highest BCUT2D eigenvalue weighted by molar-refractivity contribution is 5.89. The highest BCUT2D eigenvalue weighted by Gasteiger charge is 2.45. The van der Waals surface area contributed by atoms with Gasteiger partial charge in [-0.15, -0.1) is 12.4 Å². The summed E-state index contributed by atoms with van der Waals surface area (Å²) in [5.41, 5.74) is -0.256. The minimum atomic E-state index is -2.96. The summed E-state index contributed by atoms with van der Waals surface area (Å²) < 4.78 is 52.5. The van der Waals surface area contributed by atoms with Crippen molar-refractivity contribution in [3.8, 4) is 17.1 Å². The maximum absolute atomic E-state index is 13.3. The molecular weight excluding hydrogens is 434 g/mol. The Morgan fingerprint density at radius 1 is 1.31 bits per heavy atom. The van der Waals surface area contributed by atoms with Crippen LogP contribution in [-0.4, -0.2) is 44.6 Å². The van der Waals surface area contributed by atoms with Gasteiger partial charge in [0.05, 0.1) is 29.0 Å². The van der Waals surface area contributed by atoms with Gasteiger partial charge in [0.25, 0.3) is 5.56 Å². The lowest BCUT2D eigenvalue weighted by atomic mass is 9.86. The molecular formula is C23H24ClN3O5. The predicted octanol–water partition coefficient (Wildman–Crippen LogP) is 2.27. The number of hydrogen-bond acceptors (Lipinski definition) is 7. The van der Waals surface area contributed by atoms with E-state index in [4.69, 9.17) is 13.0 Å². The number of nitrogens with zero attached hydrogens (tertiary/aromatic N) is 3. The molecule has 0 bridgehead atoms. The number of pyridine rings is 2. The van der Waals surface area contributed by atoms with Gasteiger partial charge in [-0.2, -0.15) is 0 Å². The average molecular weight is 464 g/mol. The summed E-state index contributed by atoms with van der Waals surface area (Å²) in [6.07, 6.45) is 0.00581. The van der Waals surface area contributed by atoms with Crippen molar-refractivity contribution in [1.29, 1.82) is 0 Å². The summed E-state index contributed by atoms with van der Waals surface area (Å²) >= 11 is 0. The molecule has 0 fully saturated rings. The minimum Gasteiger partial charge on any atom is -0.508 e. The standard InChI is InChI=1S/C23H23N3O5.ClH/c1-4-23(30)16-8-18-20-12(9-26(18)21(28)15(16)11-31-22(23)29)7-13-14(10-25(2)3)19(27)6-5-17(13)24-20;/h5-8,27,30H,4,9-11H2,1-3H3;1H/t23-;/m0./s1/i2D3,3D3;. The highest BCUT2D eigenvalue weighted by atomic mass is 35.5. The van der Waals surface area contributed by atoms with Crippen LogP contribution in [0, 0.1) is 0 Å². The largest absolute Gasteiger partial charge is 0.508 e. The van der Waals surface area contributed by atoms with E-state index in [0.717, 1.165) is 0 Å². The van der Waals surface area contributed by atoms with E-state index in [0.29, 0.717) is 32.8 Å². The van der Waals surface area contributed by atoms with Gasteiger partial charge in [-0.3, -0.25) is 4.79 Å². The molecule has 4 heterocycles. The number of carbonyl (C=O) groups excluding carboxylic acids is 1. The SMILES string of the molecule is Cl.[2H]C([2H])([2H])N(Cc1c(O)ccc2nc3c(cc12)Cn1c-3cc2c(c1=O)COC(=O)[C@]2(O)CC)C([2H])([2H])[2H]. The maximum Gasteiger partial charge on any atom is 0.343 e. The lowest BCUT2D eigenvalue weighted by Crippen LogP contribution is -2.44. The molecule has 168 valence electrons. The smallest absolute Gasteiger partial charge is 0.343 e. The molecule has 0 saturated carbocycles. The van der Waals surface area contributed by atoms with Crippen molar-refractivity contribution in [2.75, 3.05) is 14.0 Å². The number of aromatic nitrogens is 2. The average Bonchev–Trinajstić information content (AvgIpc) is 3.16. The molecule has 2 N–H and O–H groups in total. The Labute approximate surface area is 198 Å². The van der Waals surface area contributed by atoms with E-state index in [-0.39, 0.29) is 54.4 Å². The molecule has 0 saturated heterocycles. The zero-order valence-corrected chi connectivity index (χ0v) is 17.8. The molecule has 5 rings (SSSR count). The summed E-state index contributed by atoms with van der Waals surface area (Å²) in [6, 6.07) is 6.01. The number of ether oxygens (including phenoxy) is 1. The number of phenolic OH excluding ortho intramolecular Hbond substituents is 1. The van der Waals surface area contributed by atoms with E-state index in [1.165, 1.54) is 16.7 Å². The number of carbonyl (C=O) groups is 1. The third kappa shape index (κ3) is 3.02. The van der Waals surface area contributed by atoms with Crippen LogP contribution in [0.4, 0.5) is 0 Å². The molecule has 2 aliphatic heterocycles. The highest BCUT2D eigenvalue weighted by Crippen LogP contribution is 2.39. The number of cyclic esters (lactones) is 1. The van der Waals surface area contributed by atoms with E-state index in [9.17, 15) is 19.8 Å². The van der Waals surface area contributed by atoms with Crippen molar-refractivity contribution in [3.05, 3.63) is 56.9 Å². The van der Waals surface area contributed by atoms with Crippen LogP contribution in [0.3, 0.4) is 0 Å². The molecule has 2 aromatic heterocycles. The number of fused-ring (bicyclic) bond motifs is 5. The molecule has 0 amide bonds. The lowest BCUT2D eigenvalue weighted by Gasteiger charge is -2.31. The first-order valence-corrected chi connectivity index (χ1v) is 9.76. The maximum atomic E-state index is 13.3. The molecule has 2 aliphatic rings. The Kier molecular flexibility index (Phi) is 3.74. The van der Waals surface area contributed by atoms with Crippen LogP contribution in [0.1, 0.15) is 43.8 Å². The first kappa shape index (κ1) is 15.8. The second-order valence-corrected chi connectivity index (χ2v) is 7.82. The van der Waals surface area contributed by atoms with Gasteiger partial charge in [0.1, 0.15) is 12.4 Å².